The third-order valence-corrected chi connectivity index (χ3v) is 26.8. The molecule has 4 aromatic heterocycles. The average molecular weight is 2180 g/mol. The van der Waals surface area contributed by atoms with Crippen molar-refractivity contribution in [1.82, 2.24) is 86.1 Å². The van der Waals surface area contributed by atoms with E-state index < -0.39 is 35.2 Å². The second-order valence-corrected chi connectivity index (χ2v) is 41.7. The molecule has 149 heavy (non-hydrogen) atoms. The number of rotatable bonds is 31. The topological polar surface area (TPSA) is 704 Å². The van der Waals surface area contributed by atoms with Gasteiger partial charge in [-0.15, -0.1) is 0 Å². The van der Waals surface area contributed by atoms with Gasteiger partial charge in [0.05, 0.1) is 61.9 Å². The summed E-state index contributed by atoms with van der Waals surface area (Å²) in [7, 11) is 12.3. The molecular weight excluding hydrogens is 2040 g/mol. The number of anilines is 8. The number of carbonyl (C=O) groups excluding carboxylic acids is 7. The quantitative estimate of drug-likeness (QED) is 0.0163. The minimum atomic E-state index is -0.841. The predicted molar refractivity (Wildman–Crippen MR) is 574 cm³/mol. The van der Waals surface area contributed by atoms with Crippen molar-refractivity contribution in [1.29, 1.82) is 0 Å². The highest BCUT2D eigenvalue weighted by Crippen LogP contribution is 2.42. The second kappa shape index (κ2) is 56.2. The number of hydrogen-bond acceptors (Lipinski definition) is 30. The summed E-state index contributed by atoms with van der Waals surface area (Å²) < 4.78 is 6.91. The number of nitrogens with one attached hydrogen (secondary N) is 5. The molecule has 4 fully saturated rings. The van der Waals surface area contributed by atoms with Gasteiger partial charge in [0, 0.05) is 65.4 Å². The normalized spacial score (nSPS) is 15.6. The number of quaternary nitrogens is 2. The number of aliphatic imine (C=N–C) groups is 4. The van der Waals surface area contributed by atoms with E-state index >= 15 is 0 Å². The maximum atomic E-state index is 12.8. The van der Waals surface area contributed by atoms with Crippen molar-refractivity contribution < 1.29 is 82.0 Å². The molecule has 4 aliphatic rings. The SMILES string of the molecule is CC(C)(C)OC(=O)N1CCC(CCc2ccccc2)(CN=C(N)NC(=O)c2nc(Cl)c(N)nc2N)CC1.C[N+](C)(C)CC(=O)N1CCC(CCc2ccccc2)(CN=C(N)NC(=O)c2nc(Cl)c(N)nc2N)CC1.C[N+](C)(C)CCNC(=O)N1CCC(CCc2ccccc2)(CN=C(N)NC(=O)c2nc(Cl)c(N)nc2N)CC1.NC(=NCC1(CCc2ccccc2)CCN(CC(=O)O)CC1)NC(=O)c1nc(Cl)c(N)nc1N.[Cl-].[Cl-]. The lowest BCUT2D eigenvalue weighted by atomic mass is 9.74. The van der Waals surface area contributed by atoms with Crippen molar-refractivity contribution in [2.75, 3.05) is 193 Å². The zero-order valence-electron chi connectivity index (χ0n) is 85.5. The molecule has 51 heteroatoms. The van der Waals surface area contributed by atoms with Crippen molar-refractivity contribution in [3.63, 3.8) is 0 Å². The Hall–Kier alpha value is -13.5. The summed E-state index contributed by atoms with van der Waals surface area (Å²) in [5.74, 6) is -4.62. The lowest BCUT2D eigenvalue weighted by molar-refractivity contribution is -0.869. The Kier molecular flexibility index (Phi) is 46.1. The zero-order chi connectivity index (χ0) is 108. The Balaban J connectivity index is 0.000000268. The van der Waals surface area contributed by atoms with Crippen molar-refractivity contribution in [2.24, 2.45) is 64.6 Å². The van der Waals surface area contributed by atoms with Gasteiger partial charge in [-0.25, -0.2) is 49.5 Å². The molecule has 0 spiro atoms. The summed E-state index contributed by atoms with van der Waals surface area (Å²) in [6, 6.07) is 40.8. The maximum Gasteiger partial charge on any atom is 0.410 e. The number of carboxylic acid groups (broad SMARTS) is 1. The fourth-order valence-corrected chi connectivity index (χ4v) is 17.4. The number of amides is 8. The molecular formula is C98H141Cl6N35O10. The molecule has 0 bridgehead atoms. The van der Waals surface area contributed by atoms with Crippen molar-refractivity contribution >= 4 is 164 Å². The second-order valence-electron chi connectivity index (χ2n) is 40.3. The Bertz CT molecular complexity index is 5780. The molecule has 0 unspecified atom stereocenters. The number of hydrogen-bond donors (Lipinski definition) is 18. The number of carbonyl (C=O) groups is 8. The van der Waals surface area contributed by atoms with Crippen LogP contribution in [0, 0.1) is 21.7 Å². The molecule has 0 radical (unpaired) electrons. The first-order valence-electron chi connectivity index (χ1n) is 48.1. The number of likely N-dealkylation sites (tertiary alicyclic amines) is 4. The molecule has 8 aromatic rings. The molecule has 30 N–H and O–H groups in total. The number of urea groups is 1. The van der Waals surface area contributed by atoms with Crippen molar-refractivity contribution in [2.45, 2.75) is 129 Å². The van der Waals surface area contributed by atoms with E-state index in [1.165, 1.54) is 22.3 Å². The van der Waals surface area contributed by atoms with Crippen LogP contribution in [0.2, 0.25) is 20.6 Å². The van der Waals surface area contributed by atoms with Gasteiger partial charge in [0.25, 0.3) is 29.5 Å². The number of aryl methyl sites for hydroxylation is 4. The number of aliphatic carboxylic acids is 1. The van der Waals surface area contributed by atoms with E-state index in [4.69, 9.17) is 125 Å². The maximum absolute atomic E-state index is 12.8. The van der Waals surface area contributed by atoms with E-state index in [0.29, 0.717) is 96.1 Å². The van der Waals surface area contributed by atoms with Crippen LogP contribution >= 0.6 is 46.4 Å². The number of likely N-dealkylation sites (N-methyl/N-ethyl adjacent to an activating group) is 2. The van der Waals surface area contributed by atoms with Gasteiger partial charge in [-0.3, -0.25) is 74.9 Å². The summed E-state index contributed by atoms with van der Waals surface area (Å²) in [5, 5.41) is 21.6. The lowest BCUT2D eigenvalue weighted by Gasteiger charge is -2.42. The molecule has 45 nitrogen and oxygen atoms in total. The van der Waals surface area contributed by atoms with Gasteiger partial charge in [-0.1, -0.05) is 168 Å². The van der Waals surface area contributed by atoms with Gasteiger partial charge < -0.3 is 132 Å². The van der Waals surface area contributed by atoms with E-state index in [9.17, 15) is 38.4 Å². The van der Waals surface area contributed by atoms with Gasteiger partial charge in [0.1, 0.15) is 5.60 Å². The lowest BCUT2D eigenvalue weighted by Crippen LogP contribution is -3.00. The van der Waals surface area contributed by atoms with Gasteiger partial charge >= 0.3 is 18.1 Å². The molecule has 0 atom stereocenters. The Morgan fingerprint density at radius 3 is 0.886 bits per heavy atom. The summed E-state index contributed by atoms with van der Waals surface area (Å²) in [6.07, 6.45) is 12.7. The van der Waals surface area contributed by atoms with E-state index in [1.807, 2.05) is 129 Å². The fraction of sp³-hybridized carbons (Fsp3) is 0.469. The van der Waals surface area contributed by atoms with Crippen LogP contribution in [0.25, 0.3) is 0 Å². The van der Waals surface area contributed by atoms with Gasteiger partial charge in [-0.2, -0.15) is 0 Å². The molecule has 0 saturated carbocycles. The molecule has 4 saturated heterocycles. The van der Waals surface area contributed by atoms with Gasteiger partial charge in [0.15, 0.2) is 120 Å². The van der Waals surface area contributed by atoms with Crippen molar-refractivity contribution in [3.8, 4) is 0 Å². The van der Waals surface area contributed by atoms with Crippen LogP contribution in [0.1, 0.15) is 162 Å². The molecule has 0 aliphatic carbocycles. The minimum absolute atomic E-state index is 0. The van der Waals surface area contributed by atoms with Gasteiger partial charge in [0.2, 0.25) is 0 Å². The number of ether oxygens (including phenoxy) is 1. The predicted octanol–water partition coefficient (Wildman–Crippen LogP) is 0.892. The van der Waals surface area contributed by atoms with Gasteiger partial charge in [-0.05, 0) is 181 Å². The summed E-state index contributed by atoms with van der Waals surface area (Å²) in [4.78, 5) is 156. The van der Waals surface area contributed by atoms with E-state index in [-0.39, 0.29) is 185 Å². The number of aromatic nitrogens is 8. The highest BCUT2D eigenvalue weighted by Gasteiger charge is 2.42. The molecule has 4 aliphatic heterocycles. The molecule has 810 valence electrons. The monoisotopic (exact) mass is 2180 g/mol. The first-order chi connectivity index (χ1) is 69.3. The third kappa shape index (κ3) is 39.8. The Morgan fingerprint density at radius 2 is 0.638 bits per heavy atom. The highest BCUT2D eigenvalue weighted by atomic mass is 35.5. The number of guanidine groups is 4. The molecule has 12 rings (SSSR count). The average Bonchev–Trinajstić information content (AvgIpc) is 0.812. The minimum Gasteiger partial charge on any atom is -1.00 e. The number of benzene rings is 4. The van der Waals surface area contributed by atoms with Crippen LogP contribution < -0.4 is 120 Å². The van der Waals surface area contributed by atoms with Crippen LogP contribution in [-0.4, -0.2) is 298 Å². The number of nitrogens with two attached hydrogens (primary N) is 12. The number of piperidine rings is 4. The highest BCUT2D eigenvalue weighted by molar-refractivity contribution is 6.33. The summed E-state index contributed by atoms with van der Waals surface area (Å²) in [5.41, 5.74) is 72.3. The van der Waals surface area contributed by atoms with Crippen LogP contribution in [0.3, 0.4) is 0 Å². The third-order valence-electron chi connectivity index (χ3n) is 25.6. The summed E-state index contributed by atoms with van der Waals surface area (Å²) in [6.45, 7) is 14.0. The van der Waals surface area contributed by atoms with Crippen LogP contribution in [0.4, 0.5) is 56.1 Å². The van der Waals surface area contributed by atoms with Crippen LogP contribution in [-0.2, 0) is 40.0 Å². The van der Waals surface area contributed by atoms with Crippen molar-refractivity contribution in [3.05, 3.63) is 187 Å². The smallest absolute Gasteiger partial charge is 0.410 e. The van der Waals surface area contributed by atoms with E-state index in [0.717, 1.165) is 114 Å². The van der Waals surface area contributed by atoms with E-state index in [1.54, 1.807) is 4.90 Å². The number of halogens is 6. The first-order valence-corrected chi connectivity index (χ1v) is 49.6. The Morgan fingerprint density at radius 1 is 0.383 bits per heavy atom. The number of nitrogens with zero attached hydrogens (tertiary/aromatic N) is 18. The number of nitrogen functional groups attached to an aromatic ring is 8. The molecule has 8 amide bonds. The summed E-state index contributed by atoms with van der Waals surface area (Å²) >= 11 is 23.5. The first kappa shape index (κ1) is 122. The largest absolute Gasteiger partial charge is 1.00 e. The molecule has 4 aromatic carbocycles. The zero-order valence-corrected chi connectivity index (χ0v) is 90.1. The number of carboxylic acids is 1. The Labute approximate surface area is 900 Å². The molecule has 8 heterocycles. The van der Waals surface area contributed by atoms with E-state index in [2.05, 4.69) is 156 Å². The van der Waals surface area contributed by atoms with Crippen LogP contribution in [0.5, 0.6) is 0 Å². The fourth-order valence-electron chi connectivity index (χ4n) is 16.9. The van der Waals surface area contributed by atoms with Crippen LogP contribution in [0.15, 0.2) is 141 Å². The standard InChI is InChI=1S/C26H39ClN10O2.C25H36ClN9O2.C25H35ClN8O3.C22H29ClN8O3.2ClH/c1-37(2,3)16-13-31-25(39)36-14-11-26(12-15-36,10-9-18-7-5-4-6-8-18)17-32-24(30)35-23(38)19-21(28)34-22(29)20(27)33-19;1-35(2,3)15-18(36)34-13-11-25(12-14-34,10-9-17-7-5-4-6-8-17)16-30-24(29)33-23(37)19-21(27)32-22(28)20(26)31-19;1-24(2,3)37-23(36)34-13-11-25(12-14-34,10-9-16-7-5-4-6-8-16)15-30-22(29)33-21(35)17-19(27)32-20(28)18(26)31-17;23-17-19(25)29-18(24)16(28-17)20(34)30-21(26)27-13-22(7-6-14-4-2-1-3-5-14)8-10-31(11-9-22)12-15(32)33;;/h4-8H,9-17H2,1-3H3,(H7-,28,29,30,31,32,34,35,38,39);4-8H,9-16H2,1-3H3,(H6-,27,28,29,30,32,33,37);4-8H,9-15H2,1-3H3,(H4,27,28,32)(H3,29,30,33,35);1-5H,6-13H2,(H,32,33)(H4,24,25,29)(H3,26,27,30,34);2*1H.